The van der Waals surface area contributed by atoms with E-state index < -0.39 is 23.7 Å². The summed E-state index contributed by atoms with van der Waals surface area (Å²) in [6, 6.07) is 12.5. The van der Waals surface area contributed by atoms with E-state index >= 15 is 0 Å². The van der Waals surface area contributed by atoms with Crippen LogP contribution in [-0.4, -0.2) is 42.3 Å². The average molecular weight is 531 g/mol. The molecule has 0 aliphatic carbocycles. The van der Waals surface area contributed by atoms with Crippen LogP contribution in [0.25, 0.3) is 6.08 Å². The largest absolute Gasteiger partial charge is 0.493 e. The summed E-state index contributed by atoms with van der Waals surface area (Å²) in [4.78, 5) is 37.5. The molecule has 3 rings (SSSR count). The number of imide groups is 1. The molecule has 1 aliphatic rings. The number of amides is 2. The zero-order chi connectivity index (χ0) is 24.0. The molecule has 2 aromatic carbocycles. The molecule has 2 amide bonds. The fraction of sp³-hybridized carbons (Fsp3) is 0.217. The molecule has 0 bridgehead atoms. The first-order valence-electron chi connectivity index (χ1n) is 9.76. The van der Waals surface area contributed by atoms with Gasteiger partial charge in [0.25, 0.3) is 11.1 Å². The summed E-state index contributed by atoms with van der Waals surface area (Å²) in [6.45, 7) is 1.64. The summed E-state index contributed by atoms with van der Waals surface area (Å²) in [5.74, 6) is -0.312. The molecule has 0 saturated carbocycles. The van der Waals surface area contributed by atoms with Crippen molar-refractivity contribution in [2.24, 2.45) is 0 Å². The Labute approximate surface area is 203 Å². The van der Waals surface area contributed by atoms with Gasteiger partial charge in [-0.25, -0.2) is 0 Å². The number of benzene rings is 2. The van der Waals surface area contributed by atoms with E-state index in [4.69, 9.17) is 19.5 Å². The molecule has 1 saturated heterocycles. The van der Waals surface area contributed by atoms with Crippen LogP contribution in [0, 0.1) is 11.3 Å². The minimum Gasteiger partial charge on any atom is -0.493 e. The first-order chi connectivity index (χ1) is 15.9. The average Bonchev–Trinajstić information content (AvgIpc) is 3.05. The molecule has 1 aliphatic heterocycles. The summed E-state index contributed by atoms with van der Waals surface area (Å²) in [7, 11) is 1.49. The Morgan fingerprint density at radius 3 is 2.61 bits per heavy atom. The standard InChI is InChI=1S/C23H19BrN2O6S/c1-3-31-20(27)12-26-22(28)19(33-23(26)29)10-16-8-17(24)21(18(9-16)30-2)32-13-15-6-4-14(11-25)5-7-15/h4-10H,3,12-13H2,1-2H3/b19-10-. The van der Waals surface area contributed by atoms with Gasteiger partial charge in [-0.05, 0) is 76.1 Å². The lowest BCUT2D eigenvalue weighted by Gasteiger charge is -2.14. The molecule has 2 aromatic rings. The summed E-state index contributed by atoms with van der Waals surface area (Å²) >= 11 is 4.22. The highest BCUT2D eigenvalue weighted by molar-refractivity contribution is 9.10. The highest BCUT2D eigenvalue weighted by atomic mass is 79.9. The van der Waals surface area contributed by atoms with E-state index in [0.717, 1.165) is 22.2 Å². The van der Waals surface area contributed by atoms with Gasteiger partial charge in [-0.15, -0.1) is 0 Å². The van der Waals surface area contributed by atoms with Crippen molar-refractivity contribution in [3.8, 4) is 17.6 Å². The van der Waals surface area contributed by atoms with Gasteiger partial charge in [-0.1, -0.05) is 12.1 Å². The van der Waals surface area contributed by atoms with Gasteiger partial charge in [0.1, 0.15) is 13.2 Å². The number of hydrogen-bond acceptors (Lipinski definition) is 8. The van der Waals surface area contributed by atoms with Crippen LogP contribution in [0.15, 0.2) is 45.8 Å². The molecule has 0 unspecified atom stereocenters. The Kier molecular flexibility index (Phi) is 8.14. The highest BCUT2D eigenvalue weighted by Crippen LogP contribution is 2.39. The highest BCUT2D eigenvalue weighted by Gasteiger charge is 2.36. The number of ether oxygens (including phenoxy) is 3. The summed E-state index contributed by atoms with van der Waals surface area (Å²) < 4.78 is 16.8. The quantitative estimate of drug-likeness (QED) is 0.362. The minimum absolute atomic E-state index is 0.165. The topological polar surface area (TPSA) is 106 Å². The van der Waals surface area contributed by atoms with Gasteiger partial charge in [-0.3, -0.25) is 19.3 Å². The molecule has 1 fully saturated rings. The van der Waals surface area contributed by atoms with Crippen molar-refractivity contribution < 1.29 is 28.6 Å². The molecule has 8 nitrogen and oxygen atoms in total. The summed E-state index contributed by atoms with van der Waals surface area (Å²) in [5.41, 5.74) is 2.04. The van der Waals surface area contributed by atoms with E-state index in [1.807, 2.05) is 0 Å². The van der Waals surface area contributed by atoms with Crippen LogP contribution in [0.3, 0.4) is 0 Å². The lowest BCUT2D eigenvalue weighted by molar-refractivity contribution is -0.145. The molecule has 0 N–H and O–H groups in total. The van der Waals surface area contributed by atoms with E-state index in [0.29, 0.717) is 27.1 Å². The van der Waals surface area contributed by atoms with E-state index in [2.05, 4.69) is 22.0 Å². The van der Waals surface area contributed by atoms with Crippen LogP contribution in [0.4, 0.5) is 4.79 Å². The fourth-order valence-corrected chi connectivity index (χ4v) is 4.33. The number of carbonyl (C=O) groups excluding carboxylic acids is 3. The number of nitrogens with zero attached hydrogens (tertiary/aromatic N) is 2. The van der Waals surface area contributed by atoms with Crippen molar-refractivity contribution >= 4 is 50.9 Å². The Bertz CT molecular complexity index is 1160. The maximum absolute atomic E-state index is 12.6. The molecule has 0 atom stereocenters. The molecule has 0 spiro atoms. The Morgan fingerprint density at radius 1 is 1.24 bits per heavy atom. The first kappa shape index (κ1) is 24.4. The number of esters is 1. The molecular weight excluding hydrogens is 512 g/mol. The van der Waals surface area contributed by atoms with Crippen LogP contribution in [-0.2, 0) is 20.9 Å². The third-order valence-electron chi connectivity index (χ3n) is 4.48. The minimum atomic E-state index is -0.644. The molecule has 33 heavy (non-hydrogen) atoms. The number of rotatable bonds is 8. The van der Waals surface area contributed by atoms with Gasteiger partial charge in [0.15, 0.2) is 11.5 Å². The second-order valence-electron chi connectivity index (χ2n) is 6.70. The van der Waals surface area contributed by atoms with Gasteiger partial charge in [0, 0.05) is 0 Å². The van der Waals surface area contributed by atoms with Crippen molar-refractivity contribution in [3.63, 3.8) is 0 Å². The second-order valence-corrected chi connectivity index (χ2v) is 8.55. The number of methoxy groups -OCH3 is 1. The maximum Gasteiger partial charge on any atom is 0.326 e. The fourth-order valence-electron chi connectivity index (χ4n) is 2.92. The number of nitriles is 1. The normalized spacial score (nSPS) is 14.4. The van der Waals surface area contributed by atoms with E-state index in [9.17, 15) is 14.4 Å². The number of hydrogen-bond donors (Lipinski definition) is 0. The molecular formula is C23H19BrN2O6S. The Hall–Kier alpha value is -3.29. The van der Waals surface area contributed by atoms with Gasteiger partial charge < -0.3 is 14.2 Å². The van der Waals surface area contributed by atoms with Crippen LogP contribution < -0.4 is 9.47 Å². The molecule has 0 radical (unpaired) electrons. The lowest BCUT2D eigenvalue weighted by atomic mass is 10.1. The van der Waals surface area contributed by atoms with E-state index in [1.54, 1.807) is 49.4 Å². The Balaban J connectivity index is 1.78. The maximum atomic E-state index is 12.6. The third-order valence-corrected chi connectivity index (χ3v) is 5.98. The van der Waals surface area contributed by atoms with Crippen LogP contribution in [0.1, 0.15) is 23.6 Å². The van der Waals surface area contributed by atoms with Gasteiger partial charge in [0.2, 0.25) is 0 Å². The number of carbonyl (C=O) groups is 3. The molecule has 0 aromatic heterocycles. The number of thioether (sulfide) groups is 1. The van der Waals surface area contributed by atoms with Crippen LogP contribution in [0.5, 0.6) is 11.5 Å². The second kappa shape index (κ2) is 11.0. The Morgan fingerprint density at radius 2 is 1.97 bits per heavy atom. The zero-order valence-electron chi connectivity index (χ0n) is 17.8. The molecule has 10 heteroatoms. The van der Waals surface area contributed by atoms with Crippen molar-refractivity contribution in [3.05, 3.63) is 62.5 Å². The zero-order valence-corrected chi connectivity index (χ0v) is 20.2. The van der Waals surface area contributed by atoms with Crippen LogP contribution >= 0.6 is 27.7 Å². The lowest BCUT2D eigenvalue weighted by Crippen LogP contribution is -2.34. The summed E-state index contributed by atoms with van der Waals surface area (Å²) in [6.07, 6.45) is 1.55. The van der Waals surface area contributed by atoms with Crippen LogP contribution in [0.2, 0.25) is 0 Å². The van der Waals surface area contributed by atoms with Gasteiger partial charge in [0.05, 0.1) is 34.7 Å². The molecule has 1 heterocycles. The van der Waals surface area contributed by atoms with Crippen molar-refractivity contribution in [1.29, 1.82) is 5.26 Å². The van der Waals surface area contributed by atoms with Crippen molar-refractivity contribution in [2.45, 2.75) is 13.5 Å². The SMILES string of the molecule is CCOC(=O)CN1C(=O)S/C(=C\c2cc(Br)c(OCc3ccc(C#N)cc3)c(OC)c2)C1=O. The summed E-state index contributed by atoms with van der Waals surface area (Å²) in [5, 5.41) is 8.37. The predicted octanol–water partition coefficient (Wildman–Crippen LogP) is 4.51. The van der Waals surface area contributed by atoms with Crippen molar-refractivity contribution in [2.75, 3.05) is 20.3 Å². The van der Waals surface area contributed by atoms with Gasteiger partial charge in [-0.2, -0.15) is 5.26 Å². The predicted molar refractivity (Wildman–Crippen MR) is 125 cm³/mol. The van der Waals surface area contributed by atoms with Gasteiger partial charge >= 0.3 is 5.97 Å². The monoisotopic (exact) mass is 530 g/mol. The first-order valence-corrected chi connectivity index (χ1v) is 11.4. The molecule has 170 valence electrons. The smallest absolute Gasteiger partial charge is 0.326 e. The number of halogens is 1. The van der Waals surface area contributed by atoms with Crippen molar-refractivity contribution in [1.82, 2.24) is 4.90 Å². The van der Waals surface area contributed by atoms with E-state index in [-0.39, 0.29) is 18.1 Å². The third kappa shape index (κ3) is 5.94. The van der Waals surface area contributed by atoms with E-state index in [1.165, 1.54) is 7.11 Å².